The number of carbonyl (C=O) groups excluding carboxylic acids is 3. The standard InChI is InChI=1S/C19H20O6/c1-3-5-14-17-12(8-10(25-14)9-15(21)24-2)18(22)11-6-4-7-13(20)16(11)19(17)23/h4,6-7,10,14,20H,3,5,8-9H2,1-2H3/t10-,14-/m0/s1. The molecule has 132 valence electrons. The van der Waals surface area contributed by atoms with Crippen LogP contribution in [0.15, 0.2) is 29.3 Å². The Labute approximate surface area is 145 Å². The summed E-state index contributed by atoms with van der Waals surface area (Å²) in [6.45, 7) is 1.95. The average Bonchev–Trinajstić information content (AvgIpc) is 2.59. The van der Waals surface area contributed by atoms with Crippen molar-refractivity contribution >= 4 is 17.5 Å². The average molecular weight is 344 g/mol. The molecule has 1 aromatic rings. The predicted octanol–water partition coefficient (Wildman–Crippen LogP) is 2.59. The van der Waals surface area contributed by atoms with Gasteiger partial charge in [0, 0.05) is 23.1 Å². The van der Waals surface area contributed by atoms with Crippen LogP contribution in [0.3, 0.4) is 0 Å². The van der Waals surface area contributed by atoms with Gasteiger partial charge in [-0.25, -0.2) is 0 Å². The second kappa shape index (κ2) is 6.80. The predicted molar refractivity (Wildman–Crippen MR) is 88.6 cm³/mol. The van der Waals surface area contributed by atoms with Gasteiger partial charge in [-0.1, -0.05) is 25.5 Å². The number of phenols is 1. The molecule has 0 aromatic heterocycles. The van der Waals surface area contributed by atoms with Gasteiger partial charge in [-0.2, -0.15) is 0 Å². The van der Waals surface area contributed by atoms with E-state index in [4.69, 9.17) is 4.74 Å². The SMILES string of the molecule is CCC[C@@H]1O[C@H](CC(=O)OC)CC2=C1C(=O)c1c(O)cccc1C2=O. The lowest BCUT2D eigenvalue weighted by molar-refractivity contribution is -0.145. The molecule has 0 unspecified atom stereocenters. The van der Waals surface area contributed by atoms with Crippen molar-refractivity contribution in [3.8, 4) is 5.75 Å². The van der Waals surface area contributed by atoms with E-state index in [2.05, 4.69) is 4.74 Å². The highest BCUT2D eigenvalue weighted by molar-refractivity contribution is 6.28. The van der Waals surface area contributed by atoms with Gasteiger partial charge < -0.3 is 14.6 Å². The first kappa shape index (κ1) is 17.4. The quantitative estimate of drug-likeness (QED) is 0.845. The Bertz CT molecular complexity index is 776. The van der Waals surface area contributed by atoms with E-state index in [0.29, 0.717) is 17.6 Å². The smallest absolute Gasteiger partial charge is 0.308 e. The van der Waals surface area contributed by atoms with E-state index < -0.39 is 18.2 Å². The number of hydrogen-bond donors (Lipinski definition) is 1. The highest BCUT2D eigenvalue weighted by Gasteiger charge is 2.42. The van der Waals surface area contributed by atoms with E-state index in [1.54, 1.807) is 12.1 Å². The van der Waals surface area contributed by atoms with Crippen LogP contribution in [0.4, 0.5) is 0 Å². The van der Waals surface area contributed by atoms with E-state index in [0.717, 1.165) is 6.42 Å². The van der Waals surface area contributed by atoms with Crippen LogP contribution in [0.2, 0.25) is 0 Å². The van der Waals surface area contributed by atoms with Crippen molar-refractivity contribution in [2.45, 2.75) is 44.8 Å². The van der Waals surface area contributed by atoms with Gasteiger partial charge in [0.25, 0.3) is 0 Å². The maximum absolute atomic E-state index is 12.9. The maximum Gasteiger partial charge on any atom is 0.308 e. The van der Waals surface area contributed by atoms with E-state index in [1.807, 2.05) is 6.92 Å². The molecule has 1 N–H and O–H groups in total. The molecule has 1 aliphatic carbocycles. The molecule has 0 amide bonds. The molecule has 25 heavy (non-hydrogen) atoms. The van der Waals surface area contributed by atoms with Gasteiger partial charge in [0.2, 0.25) is 0 Å². The third kappa shape index (κ3) is 2.98. The Balaban J connectivity index is 2.05. The third-order valence-electron chi connectivity index (χ3n) is 4.64. The highest BCUT2D eigenvalue weighted by Crippen LogP contribution is 2.40. The van der Waals surface area contributed by atoms with Crippen molar-refractivity contribution in [3.05, 3.63) is 40.5 Å². The summed E-state index contributed by atoms with van der Waals surface area (Å²) in [5.74, 6) is -1.26. The fraction of sp³-hybridized carbons (Fsp3) is 0.421. The molecular formula is C19H20O6. The van der Waals surface area contributed by atoms with E-state index in [-0.39, 0.29) is 41.3 Å². The number of ether oxygens (including phenoxy) is 2. The first-order valence-electron chi connectivity index (χ1n) is 8.34. The van der Waals surface area contributed by atoms with Crippen molar-refractivity contribution in [1.82, 2.24) is 0 Å². The van der Waals surface area contributed by atoms with Crippen LogP contribution in [0, 0.1) is 0 Å². The second-order valence-electron chi connectivity index (χ2n) is 6.27. The minimum atomic E-state index is -0.562. The number of benzene rings is 1. The summed E-state index contributed by atoms with van der Waals surface area (Å²) in [7, 11) is 1.30. The van der Waals surface area contributed by atoms with E-state index in [1.165, 1.54) is 13.2 Å². The van der Waals surface area contributed by atoms with Crippen LogP contribution in [0.25, 0.3) is 0 Å². The summed E-state index contributed by atoms with van der Waals surface area (Å²) in [6.07, 6.45) is 0.456. The molecule has 1 aromatic carbocycles. The molecule has 6 nitrogen and oxygen atoms in total. The summed E-state index contributed by atoms with van der Waals surface area (Å²) in [5.41, 5.74) is 0.962. The van der Waals surface area contributed by atoms with Gasteiger partial charge in [0.15, 0.2) is 11.6 Å². The third-order valence-corrected chi connectivity index (χ3v) is 4.64. The van der Waals surface area contributed by atoms with Crippen molar-refractivity contribution < 1.29 is 29.0 Å². The minimum absolute atomic E-state index is 0.0296. The lowest BCUT2D eigenvalue weighted by Gasteiger charge is -2.35. The summed E-state index contributed by atoms with van der Waals surface area (Å²) >= 11 is 0. The van der Waals surface area contributed by atoms with Gasteiger partial charge in [0.05, 0.1) is 31.3 Å². The monoisotopic (exact) mass is 344 g/mol. The summed E-state index contributed by atoms with van der Waals surface area (Å²) in [4.78, 5) is 37.4. The molecular weight excluding hydrogens is 324 g/mol. The van der Waals surface area contributed by atoms with Crippen LogP contribution < -0.4 is 0 Å². The Morgan fingerprint density at radius 3 is 2.76 bits per heavy atom. The molecule has 0 spiro atoms. The Morgan fingerprint density at radius 2 is 2.08 bits per heavy atom. The van der Waals surface area contributed by atoms with Crippen LogP contribution in [0.1, 0.15) is 53.3 Å². The lowest BCUT2D eigenvalue weighted by Crippen LogP contribution is -2.39. The molecule has 0 fully saturated rings. The number of rotatable bonds is 4. The van der Waals surface area contributed by atoms with Crippen molar-refractivity contribution in [2.75, 3.05) is 7.11 Å². The van der Waals surface area contributed by atoms with Gasteiger partial charge in [0.1, 0.15) is 5.75 Å². The van der Waals surface area contributed by atoms with Crippen molar-refractivity contribution in [2.24, 2.45) is 0 Å². The van der Waals surface area contributed by atoms with Gasteiger partial charge in [-0.3, -0.25) is 14.4 Å². The summed E-state index contributed by atoms with van der Waals surface area (Å²) in [5, 5.41) is 10.1. The maximum atomic E-state index is 12.9. The number of Topliss-reactive ketones (excluding diaryl/α,β-unsaturated/α-hetero) is 2. The molecule has 1 heterocycles. The fourth-order valence-electron chi connectivity index (χ4n) is 3.51. The number of phenolic OH excluding ortho intramolecular Hbond substituents is 1. The number of ketones is 2. The van der Waals surface area contributed by atoms with Gasteiger partial charge in [-0.15, -0.1) is 0 Å². The number of hydrogen-bond acceptors (Lipinski definition) is 6. The zero-order valence-corrected chi connectivity index (χ0v) is 14.2. The fourth-order valence-corrected chi connectivity index (χ4v) is 3.51. The summed E-state index contributed by atoms with van der Waals surface area (Å²) < 4.78 is 10.6. The normalized spacial score (nSPS) is 22.5. The van der Waals surface area contributed by atoms with Gasteiger partial charge in [-0.05, 0) is 12.5 Å². The second-order valence-corrected chi connectivity index (χ2v) is 6.27. The van der Waals surface area contributed by atoms with Crippen LogP contribution in [0.5, 0.6) is 5.75 Å². The number of methoxy groups -OCH3 is 1. The zero-order chi connectivity index (χ0) is 18.1. The van der Waals surface area contributed by atoms with Crippen molar-refractivity contribution in [1.29, 1.82) is 0 Å². The molecule has 0 radical (unpaired) electrons. The molecule has 0 bridgehead atoms. The molecule has 0 saturated heterocycles. The Kier molecular flexibility index (Phi) is 4.72. The number of fused-ring (bicyclic) bond motifs is 1. The van der Waals surface area contributed by atoms with E-state index in [9.17, 15) is 19.5 Å². The van der Waals surface area contributed by atoms with E-state index >= 15 is 0 Å². The van der Waals surface area contributed by atoms with Crippen molar-refractivity contribution in [3.63, 3.8) is 0 Å². The number of esters is 1. The molecule has 1 aliphatic heterocycles. The molecule has 6 heteroatoms. The molecule has 2 aliphatic rings. The topological polar surface area (TPSA) is 89.9 Å². The summed E-state index contributed by atoms with van der Waals surface area (Å²) in [6, 6.07) is 4.48. The van der Waals surface area contributed by atoms with Crippen LogP contribution in [-0.2, 0) is 14.3 Å². The highest BCUT2D eigenvalue weighted by atomic mass is 16.5. The van der Waals surface area contributed by atoms with Crippen LogP contribution >= 0.6 is 0 Å². The Hall–Kier alpha value is -2.47. The minimum Gasteiger partial charge on any atom is -0.507 e. The first-order valence-corrected chi connectivity index (χ1v) is 8.34. The first-order chi connectivity index (χ1) is 12.0. The zero-order valence-electron chi connectivity index (χ0n) is 14.2. The Morgan fingerprint density at radius 1 is 1.32 bits per heavy atom. The number of aromatic hydroxyl groups is 1. The largest absolute Gasteiger partial charge is 0.507 e. The molecule has 0 saturated carbocycles. The number of carbonyl (C=O) groups is 3. The molecule has 3 rings (SSSR count). The molecule has 2 atom stereocenters. The van der Waals surface area contributed by atoms with Crippen LogP contribution in [-0.4, -0.2) is 42.0 Å². The van der Waals surface area contributed by atoms with Gasteiger partial charge >= 0.3 is 5.97 Å². The lowest BCUT2D eigenvalue weighted by atomic mass is 9.77.